The molecule has 0 amide bonds. The Morgan fingerprint density at radius 3 is 0.687 bits per heavy atom. The molecule has 0 unspecified atom stereocenters. The quantitative estimate of drug-likeness (QED) is 0.117. The second kappa shape index (κ2) is 25.5. The van der Waals surface area contributed by atoms with Gasteiger partial charge in [-0.15, -0.1) is 0 Å². The third-order valence-electron chi connectivity index (χ3n) is 14.9. The van der Waals surface area contributed by atoms with Gasteiger partial charge in [0.1, 0.15) is 0 Å². The van der Waals surface area contributed by atoms with Crippen molar-refractivity contribution < 1.29 is 42.1 Å². The van der Waals surface area contributed by atoms with E-state index in [1.54, 1.807) is 72.8 Å². The van der Waals surface area contributed by atoms with Crippen LogP contribution in [-0.4, -0.2) is 126 Å². The summed E-state index contributed by atoms with van der Waals surface area (Å²) < 4.78 is 154. The number of rotatable bonds is 10. The van der Waals surface area contributed by atoms with Crippen LogP contribution in [0.15, 0.2) is 182 Å². The van der Waals surface area contributed by atoms with Crippen LogP contribution in [0.25, 0.3) is 21.8 Å². The van der Waals surface area contributed by atoms with Gasteiger partial charge in [0.15, 0.2) is 0 Å². The first-order chi connectivity index (χ1) is 39.4. The Hall–Kier alpha value is -6.31. The van der Waals surface area contributed by atoms with E-state index in [2.05, 4.69) is 0 Å². The van der Waals surface area contributed by atoms with Crippen molar-refractivity contribution in [3.05, 3.63) is 197 Å². The van der Waals surface area contributed by atoms with E-state index in [-0.39, 0.29) is 116 Å². The Morgan fingerprint density at radius 1 is 0.265 bits per heavy atom. The van der Waals surface area contributed by atoms with Crippen molar-refractivity contribution in [1.29, 1.82) is 0 Å². The summed E-state index contributed by atoms with van der Waals surface area (Å²) >= 11 is 0. The average molecular weight is 1220 g/mol. The zero-order valence-corrected chi connectivity index (χ0v) is 51.2. The number of sulfonamides is 5. The van der Waals surface area contributed by atoms with Crippen LogP contribution in [-0.2, 0) is 63.2 Å². The Kier molecular flexibility index (Phi) is 18.8. The minimum atomic E-state index is -4.27. The van der Waals surface area contributed by atoms with Crippen LogP contribution in [0, 0.1) is 34.6 Å². The number of benzene rings is 6. The van der Waals surface area contributed by atoms with E-state index in [4.69, 9.17) is 9.97 Å². The van der Waals surface area contributed by atoms with Crippen molar-refractivity contribution in [1.82, 2.24) is 31.5 Å². The van der Waals surface area contributed by atoms with E-state index in [9.17, 15) is 42.1 Å². The van der Waals surface area contributed by atoms with E-state index in [1.807, 2.05) is 58.9 Å². The molecule has 1 aliphatic heterocycles. The second-order valence-electron chi connectivity index (χ2n) is 21.2. The maximum atomic E-state index is 14.8. The number of pyridine rings is 2. The molecule has 438 valence electrons. The molecule has 0 saturated heterocycles. The summed E-state index contributed by atoms with van der Waals surface area (Å²) in [6.07, 6.45) is 0.0531. The molecule has 0 saturated carbocycles. The Bertz CT molecular complexity index is 3960. The molecular formula is C61H69N7O10S5. The Balaban J connectivity index is 1.15. The second-order valence-corrected chi connectivity index (χ2v) is 30.9. The minimum Gasteiger partial charge on any atom is -0.249 e. The molecule has 6 aromatic carbocycles. The Labute approximate surface area is 489 Å². The molecule has 0 atom stereocenters. The fourth-order valence-corrected chi connectivity index (χ4v) is 17.5. The molecule has 4 bridgehead atoms. The number of nitrogens with zero attached hydrogens (tertiary/aromatic N) is 7. The lowest BCUT2D eigenvalue weighted by Gasteiger charge is -2.28. The lowest BCUT2D eigenvalue weighted by molar-refractivity contribution is 0.321. The molecule has 22 heteroatoms. The van der Waals surface area contributed by atoms with Gasteiger partial charge in [-0.1, -0.05) is 113 Å². The third-order valence-corrected chi connectivity index (χ3v) is 24.3. The van der Waals surface area contributed by atoms with Gasteiger partial charge in [0, 0.05) is 63.1 Å². The van der Waals surface area contributed by atoms with E-state index < -0.39 is 50.1 Å². The third kappa shape index (κ3) is 14.1. The lowest BCUT2D eigenvalue weighted by Crippen LogP contribution is -2.40. The summed E-state index contributed by atoms with van der Waals surface area (Å²) in [5.74, 6) is 0. The number of aromatic nitrogens is 2. The van der Waals surface area contributed by atoms with E-state index >= 15 is 0 Å². The molecule has 1 aliphatic rings. The first-order valence-electron chi connectivity index (χ1n) is 27.5. The zero-order chi connectivity index (χ0) is 59.3. The fourth-order valence-electron chi connectivity index (χ4n) is 10.0. The lowest BCUT2D eigenvalue weighted by atomic mass is 10.1. The van der Waals surface area contributed by atoms with Crippen molar-refractivity contribution in [3.63, 3.8) is 0 Å². The van der Waals surface area contributed by atoms with E-state index in [0.717, 1.165) is 27.8 Å². The highest BCUT2D eigenvalue weighted by Gasteiger charge is 2.32. The van der Waals surface area contributed by atoms with Gasteiger partial charge < -0.3 is 0 Å². The summed E-state index contributed by atoms with van der Waals surface area (Å²) in [6.45, 7) is 7.53. The molecule has 9 rings (SSSR count). The molecule has 83 heavy (non-hydrogen) atoms. The van der Waals surface area contributed by atoms with Crippen LogP contribution in [0.1, 0.15) is 64.9 Å². The SMILES string of the molecule is Cc1ccc(S(=O)(=O)N2CCCN(S(=O)(=O)c3ccc(C)cc3)CCCN(S(=O)(=O)c3ccc(C)cc3)Cc3ccc4ccc5ccc(nc5c4n3)CN(S(=O)(=O)c3ccc(C)cc3)CCCN(S(=O)(=O)c3ccc(C)cc3)CCC2)cc1. The number of fused-ring (bicyclic) bond motifs is 2. The molecule has 17 nitrogen and oxygen atoms in total. The summed E-state index contributed by atoms with van der Waals surface area (Å²) in [5, 5.41) is 1.38. The highest BCUT2D eigenvalue weighted by molar-refractivity contribution is 7.90. The van der Waals surface area contributed by atoms with Crippen molar-refractivity contribution in [3.8, 4) is 0 Å². The zero-order valence-electron chi connectivity index (χ0n) is 47.2. The van der Waals surface area contributed by atoms with Crippen molar-refractivity contribution >= 4 is 71.9 Å². The fraction of sp³-hybridized carbons (Fsp3) is 0.311. The topological polar surface area (TPSA) is 213 Å². The smallest absolute Gasteiger partial charge is 0.243 e. The van der Waals surface area contributed by atoms with Gasteiger partial charge in [-0.25, -0.2) is 52.1 Å². The van der Waals surface area contributed by atoms with Crippen LogP contribution < -0.4 is 0 Å². The molecule has 0 radical (unpaired) electrons. The predicted molar refractivity (Wildman–Crippen MR) is 323 cm³/mol. The van der Waals surface area contributed by atoms with Gasteiger partial charge in [-0.2, -0.15) is 21.5 Å². The molecular weight excluding hydrogens is 1150 g/mol. The van der Waals surface area contributed by atoms with Gasteiger partial charge in [-0.3, -0.25) is 0 Å². The minimum absolute atomic E-state index is 0.00246. The highest BCUT2D eigenvalue weighted by atomic mass is 32.2. The summed E-state index contributed by atoms with van der Waals surface area (Å²) in [4.78, 5) is 10.2. The molecule has 8 aromatic rings. The standard InChI is InChI=1S/C61H69N7O10S5/c1-46-10-26-55(27-11-46)79(69,70)64-36-6-38-65(80(71,72)56-28-12-47(2)13-29-56)40-8-42-67(82(75,76)58-32-16-49(4)17-33-58)44-53-24-22-51-20-21-52-23-25-54(63-61(52)60(51)62-53)45-68(83(77,78)59-34-18-50(5)19-35-59)43-9-41-66(39-7-37-64)81(73,74)57-30-14-48(3)15-31-57/h10-35H,6-9,36-45H2,1-5H3. The average Bonchev–Trinajstić information content (AvgIpc) is 3.66. The summed E-state index contributed by atoms with van der Waals surface area (Å²) in [7, 11) is -21.3. The number of aryl methyl sites for hydroxylation is 5. The van der Waals surface area contributed by atoms with Crippen molar-refractivity contribution in [2.24, 2.45) is 0 Å². The first kappa shape index (κ1) is 61.3. The van der Waals surface area contributed by atoms with Crippen LogP contribution in [0.2, 0.25) is 0 Å². The van der Waals surface area contributed by atoms with Gasteiger partial charge in [0.25, 0.3) is 0 Å². The predicted octanol–water partition coefficient (Wildman–Crippen LogP) is 9.35. The van der Waals surface area contributed by atoms with Crippen LogP contribution in [0.5, 0.6) is 0 Å². The summed E-state index contributed by atoms with van der Waals surface area (Å²) in [5.41, 5.74) is 5.82. The first-order valence-corrected chi connectivity index (χ1v) is 34.7. The van der Waals surface area contributed by atoms with Crippen LogP contribution >= 0.6 is 0 Å². The molecule has 2 aromatic heterocycles. The molecule has 0 aliphatic carbocycles. The molecule has 3 heterocycles. The monoisotopic (exact) mass is 1220 g/mol. The summed E-state index contributed by atoms with van der Waals surface area (Å²) in [6, 6.07) is 42.8. The Morgan fingerprint density at radius 2 is 0.458 bits per heavy atom. The molecule has 0 fully saturated rings. The number of hydrogen-bond donors (Lipinski definition) is 0. The molecule has 0 spiro atoms. The number of hydrogen-bond acceptors (Lipinski definition) is 12. The van der Waals surface area contributed by atoms with Gasteiger partial charge >= 0.3 is 0 Å². The largest absolute Gasteiger partial charge is 0.249 e. The van der Waals surface area contributed by atoms with Crippen molar-refractivity contribution in [2.45, 2.75) is 97.9 Å². The maximum absolute atomic E-state index is 14.8. The van der Waals surface area contributed by atoms with E-state index in [0.29, 0.717) is 33.2 Å². The van der Waals surface area contributed by atoms with Gasteiger partial charge in [0.05, 0.1) is 60.0 Å². The normalized spacial score (nSPS) is 16.8. The highest BCUT2D eigenvalue weighted by Crippen LogP contribution is 2.29. The van der Waals surface area contributed by atoms with Crippen molar-refractivity contribution in [2.75, 3.05) is 52.4 Å². The van der Waals surface area contributed by atoms with Gasteiger partial charge in [-0.05, 0) is 133 Å². The van der Waals surface area contributed by atoms with E-state index in [1.165, 1.54) is 82.2 Å². The van der Waals surface area contributed by atoms with Gasteiger partial charge in [0.2, 0.25) is 50.1 Å². The van der Waals surface area contributed by atoms with Crippen LogP contribution in [0.3, 0.4) is 0 Å². The van der Waals surface area contributed by atoms with Crippen LogP contribution in [0.4, 0.5) is 0 Å². The molecule has 0 N–H and O–H groups in total. The maximum Gasteiger partial charge on any atom is 0.243 e.